The third kappa shape index (κ3) is 5.01. The van der Waals surface area contributed by atoms with Gasteiger partial charge in [0, 0.05) is 21.5 Å². The first-order chi connectivity index (χ1) is 22.3. The van der Waals surface area contributed by atoms with E-state index in [9.17, 15) is 0 Å². The van der Waals surface area contributed by atoms with E-state index in [-0.39, 0.29) is 18.9 Å². The summed E-state index contributed by atoms with van der Waals surface area (Å²) in [6.07, 6.45) is 1.53. The van der Waals surface area contributed by atoms with Gasteiger partial charge in [0.25, 0.3) is 0 Å². The summed E-state index contributed by atoms with van der Waals surface area (Å²) in [7, 11) is 0. The van der Waals surface area contributed by atoms with Gasteiger partial charge in [0.2, 0.25) is 0 Å². The molecule has 9 rings (SSSR count). The van der Waals surface area contributed by atoms with Gasteiger partial charge in [-0.05, 0) is 45.3 Å². The molecule has 0 amide bonds. The molecular weight excluding hydrogens is 549 g/mol. The summed E-state index contributed by atoms with van der Waals surface area (Å²) in [6.45, 7) is 5.19. The van der Waals surface area contributed by atoms with E-state index in [2.05, 4.69) is 138 Å². The van der Waals surface area contributed by atoms with Gasteiger partial charge in [-0.25, -0.2) is 12.1 Å². The van der Waals surface area contributed by atoms with Gasteiger partial charge in [-0.3, -0.25) is 0 Å². The Morgan fingerprint density at radius 2 is 1.17 bits per heavy atom. The third-order valence-electron chi connectivity index (χ3n) is 8.61. The predicted octanol–water partition coefficient (Wildman–Crippen LogP) is 8.65. The zero-order valence-corrected chi connectivity index (χ0v) is 25.6. The summed E-state index contributed by atoms with van der Waals surface area (Å²) in [6, 6.07) is 61.8. The second-order valence-corrected chi connectivity index (χ2v) is 11.2. The molecule has 0 radical (unpaired) electrons. The van der Waals surface area contributed by atoms with E-state index in [4.69, 9.17) is 6.58 Å². The van der Waals surface area contributed by atoms with Crippen LogP contribution in [0, 0.1) is 18.7 Å². The summed E-state index contributed by atoms with van der Waals surface area (Å²) in [4.78, 5) is 0. The number of aromatic nitrogens is 1. The van der Waals surface area contributed by atoms with Gasteiger partial charge in [0.05, 0.1) is 16.7 Å². The van der Waals surface area contributed by atoms with Crippen molar-refractivity contribution in [2.45, 2.75) is 0 Å². The van der Waals surface area contributed by atoms with Crippen LogP contribution in [-0.4, -0.2) is 4.57 Å². The maximum Gasteiger partial charge on any atom is 1.00 e. The minimum Gasteiger partial charge on any atom is -0.344 e. The monoisotopic (exact) mass is 577 g/mol. The minimum atomic E-state index is 0. The van der Waals surface area contributed by atoms with Gasteiger partial charge in [-0.1, -0.05) is 91.0 Å². The predicted molar refractivity (Wildman–Crippen MR) is 192 cm³/mol. The Morgan fingerprint density at radius 1 is 0.522 bits per heavy atom. The fourth-order valence-electron chi connectivity index (χ4n) is 6.60. The second-order valence-electron chi connectivity index (χ2n) is 11.2. The zero-order valence-electron chi connectivity index (χ0n) is 25.6. The first kappa shape index (κ1) is 29.4. The van der Waals surface area contributed by atoms with E-state index in [0.717, 1.165) is 5.56 Å². The maximum atomic E-state index is 5.19. The molecule has 1 nitrogen and oxygen atoms in total. The number of hydrogen-bond donors (Lipinski definition) is 0. The van der Waals surface area contributed by atoms with E-state index < -0.39 is 0 Å². The Morgan fingerprint density at radius 3 is 1.89 bits per heavy atom. The van der Waals surface area contributed by atoms with Crippen molar-refractivity contribution >= 4 is 60.2 Å². The minimum absolute atomic E-state index is 0. The molecular formula is C44H28LiN-2. The zero-order chi connectivity index (χ0) is 30.2. The van der Waals surface area contributed by atoms with E-state index in [1.807, 2.05) is 36.4 Å². The number of benzene rings is 8. The van der Waals surface area contributed by atoms with Gasteiger partial charge >= 0.3 is 18.9 Å². The van der Waals surface area contributed by atoms with E-state index in [1.54, 1.807) is 0 Å². The molecule has 0 aliphatic carbocycles. The van der Waals surface area contributed by atoms with Crippen molar-refractivity contribution < 1.29 is 18.9 Å². The quantitative estimate of drug-likeness (QED) is 0.113. The molecule has 46 heavy (non-hydrogen) atoms. The number of hydrogen-bond acceptors (Lipinski definition) is 0. The van der Waals surface area contributed by atoms with Crippen LogP contribution >= 0.6 is 0 Å². The van der Waals surface area contributed by atoms with Gasteiger partial charge in [0.15, 0.2) is 0 Å². The first-order valence-electron chi connectivity index (χ1n) is 15.2. The largest absolute Gasteiger partial charge is 1.00 e. The van der Waals surface area contributed by atoms with Crippen molar-refractivity contribution in [3.63, 3.8) is 0 Å². The van der Waals surface area contributed by atoms with Gasteiger partial charge in [-0.2, -0.15) is 42.5 Å². The van der Waals surface area contributed by atoms with Crippen LogP contribution in [0.1, 0.15) is 5.56 Å². The summed E-state index contributed by atoms with van der Waals surface area (Å²) < 4.78 is 2.49. The summed E-state index contributed by atoms with van der Waals surface area (Å²) >= 11 is 0. The molecule has 1 heterocycles. The van der Waals surface area contributed by atoms with Crippen LogP contribution in [-0.2, 0) is 0 Å². The molecule has 0 atom stereocenters. The summed E-state index contributed by atoms with van der Waals surface area (Å²) in [5, 5.41) is 10.2. The summed E-state index contributed by atoms with van der Waals surface area (Å²) in [5.74, 6) is 0. The molecule has 0 fully saturated rings. The van der Waals surface area contributed by atoms with Crippen molar-refractivity contribution in [3.8, 4) is 16.8 Å². The molecule has 0 saturated carbocycles. The first-order valence-corrected chi connectivity index (χ1v) is 15.2. The molecule has 1 aromatic heterocycles. The van der Waals surface area contributed by atoms with Crippen molar-refractivity contribution in [2.24, 2.45) is 0 Å². The molecule has 0 aliphatic rings. The topological polar surface area (TPSA) is 4.93 Å². The normalized spacial score (nSPS) is 11.0. The second kappa shape index (κ2) is 12.6. The smallest absolute Gasteiger partial charge is 0.344 e. The van der Waals surface area contributed by atoms with Crippen LogP contribution in [0.3, 0.4) is 0 Å². The SMILES string of the molecule is [CH-]=Cc1[c-]cccc1.[Li+].[c-]1ccc(-c2ccc3c(c2)c2c4ccccc4c4ccccc4c2n3-c2cccc3ccccc23)cc1. The fraction of sp³-hybridized carbons (Fsp3) is 0. The molecule has 0 spiro atoms. The Hall–Kier alpha value is -5.32. The van der Waals surface area contributed by atoms with Crippen molar-refractivity contribution in [3.05, 3.63) is 182 Å². The number of nitrogens with zero attached hydrogens (tertiary/aromatic N) is 1. The fourth-order valence-corrected chi connectivity index (χ4v) is 6.60. The van der Waals surface area contributed by atoms with Crippen LogP contribution in [0.2, 0.25) is 0 Å². The Labute approximate surface area is 281 Å². The molecule has 9 aromatic rings. The Kier molecular flexibility index (Phi) is 8.04. The average molecular weight is 578 g/mol. The van der Waals surface area contributed by atoms with Crippen LogP contribution in [0.25, 0.3) is 77.0 Å². The van der Waals surface area contributed by atoms with Crippen LogP contribution in [0.4, 0.5) is 0 Å². The van der Waals surface area contributed by atoms with Crippen molar-refractivity contribution in [1.29, 1.82) is 0 Å². The molecule has 2 heteroatoms. The van der Waals surface area contributed by atoms with Crippen LogP contribution < -0.4 is 18.9 Å². The number of rotatable bonds is 3. The Bertz CT molecular complexity index is 2490. The van der Waals surface area contributed by atoms with Crippen LogP contribution in [0.15, 0.2) is 158 Å². The molecule has 0 aliphatic heterocycles. The summed E-state index contributed by atoms with van der Waals surface area (Å²) in [5.41, 5.74) is 7.05. The van der Waals surface area contributed by atoms with Gasteiger partial charge in [0.1, 0.15) is 0 Å². The standard InChI is InChI=1S/C36H22N.C8H6.Li/c1-2-11-24(12-3-1)26-21-22-34-32(23-26)35-30-18-8-6-16-28(30)29-17-7-9-19-31(29)36(35)37(34)33-20-10-14-25-13-4-5-15-27(25)33;1-2-8-6-4-3-5-7-8;/h2-23H;1-6H;/q-1;-2;+1. The Balaban J connectivity index is 0.000000331. The van der Waals surface area contributed by atoms with Crippen LogP contribution in [0.5, 0.6) is 0 Å². The van der Waals surface area contributed by atoms with Crippen molar-refractivity contribution in [2.75, 3.05) is 0 Å². The molecule has 8 aromatic carbocycles. The molecule has 212 valence electrons. The number of fused-ring (bicyclic) bond motifs is 9. The average Bonchev–Trinajstić information content (AvgIpc) is 3.47. The van der Waals surface area contributed by atoms with Crippen molar-refractivity contribution in [1.82, 2.24) is 4.57 Å². The molecule has 0 N–H and O–H groups in total. The molecule has 0 bridgehead atoms. The van der Waals surface area contributed by atoms with Gasteiger partial charge < -0.3 is 22.8 Å². The third-order valence-corrected chi connectivity index (χ3v) is 8.61. The van der Waals surface area contributed by atoms with E-state index in [1.165, 1.54) is 77.0 Å². The maximum absolute atomic E-state index is 5.19. The van der Waals surface area contributed by atoms with Gasteiger partial charge in [-0.15, -0.1) is 11.6 Å². The van der Waals surface area contributed by atoms with E-state index in [0.29, 0.717) is 0 Å². The molecule has 0 saturated heterocycles. The van der Waals surface area contributed by atoms with E-state index >= 15 is 0 Å². The molecule has 0 unspecified atom stereocenters.